The average molecular weight is 335 g/mol. The van der Waals surface area contributed by atoms with Gasteiger partial charge in [0, 0.05) is 6.04 Å². The SMILES string of the molecule is CB(O)N[C@H](CC(=O)OC(C)(C)C)Cc1cc(C(=O)O)ccc1C. The molecule has 1 aromatic rings. The van der Waals surface area contributed by atoms with Crippen LogP contribution in [0.2, 0.25) is 6.82 Å². The summed E-state index contributed by atoms with van der Waals surface area (Å²) in [5.74, 6) is -1.36. The Morgan fingerprint density at radius 3 is 2.46 bits per heavy atom. The van der Waals surface area contributed by atoms with Gasteiger partial charge < -0.3 is 20.1 Å². The van der Waals surface area contributed by atoms with Gasteiger partial charge in [-0.05, 0) is 64.2 Å². The van der Waals surface area contributed by atoms with Crippen LogP contribution < -0.4 is 5.23 Å². The summed E-state index contributed by atoms with van der Waals surface area (Å²) in [7, 11) is -0.791. The maximum atomic E-state index is 12.1. The van der Waals surface area contributed by atoms with E-state index in [9.17, 15) is 14.6 Å². The highest BCUT2D eigenvalue weighted by molar-refractivity contribution is 6.45. The molecular weight excluding hydrogens is 309 g/mol. The molecule has 0 radical (unpaired) electrons. The van der Waals surface area contributed by atoms with Crippen LogP contribution in [0.25, 0.3) is 0 Å². The molecule has 0 aromatic heterocycles. The molecule has 0 saturated heterocycles. The topological polar surface area (TPSA) is 95.9 Å². The fraction of sp³-hybridized carbons (Fsp3) is 0.529. The van der Waals surface area contributed by atoms with Crippen molar-refractivity contribution >= 4 is 19.0 Å². The van der Waals surface area contributed by atoms with Crippen LogP contribution in [-0.4, -0.2) is 40.8 Å². The maximum absolute atomic E-state index is 12.1. The Balaban J connectivity index is 2.92. The van der Waals surface area contributed by atoms with E-state index in [1.54, 1.807) is 45.8 Å². The molecule has 6 nitrogen and oxygen atoms in total. The minimum Gasteiger partial charge on any atom is -0.478 e. The van der Waals surface area contributed by atoms with E-state index < -0.39 is 18.6 Å². The second-order valence-corrected chi connectivity index (χ2v) is 6.98. The van der Waals surface area contributed by atoms with Gasteiger partial charge in [0.15, 0.2) is 0 Å². The lowest BCUT2D eigenvalue weighted by Crippen LogP contribution is -2.43. The summed E-state index contributed by atoms with van der Waals surface area (Å²) in [6.07, 6.45) is 0.496. The van der Waals surface area contributed by atoms with Crippen LogP contribution >= 0.6 is 0 Å². The molecular formula is C17H26BNO5. The first-order valence-corrected chi connectivity index (χ1v) is 7.96. The van der Waals surface area contributed by atoms with Gasteiger partial charge >= 0.3 is 19.0 Å². The smallest absolute Gasteiger partial charge is 0.373 e. The number of carbonyl (C=O) groups is 2. The Labute approximate surface area is 143 Å². The van der Waals surface area contributed by atoms with Gasteiger partial charge in [0.05, 0.1) is 12.0 Å². The van der Waals surface area contributed by atoms with Crippen molar-refractivity contribution < 1.29 is 24.5 Å². The first-order valence-electron chi connectivity index (χ1n) is 7.96. The van der Waals surface area contributed by atoms with Gasteiger partial charge in [-0.3, -0.25) is 4.79 Å². The summed E-state index contributed by atoms with van der Waals surface area (Å²) in [6, 6.07) is 4.53. The highest BCUT2D eigenvalue weighted by Crippen LogP contribution is 2.16. The summed E-state index contributed by atoms with van der Waals surface area (Å²) in [5.41, 5.74) is 1.37. The van der Waals surface area contributed by atoms with E-state index in [1.807, 2.05) is 6.92 Å². The van der Waals surface area contributed by atoms with Gasteiger partial charge in [0.1, 0.15) is 5.60 Å². The summed E-state index contributed by atoms with van der Waals surface area (Å²) in [4.78, 5) is 23.2. The van der Waals surface area contributed by atoms with Crippen molar-refractivity contribution in [2.45, 2.75) is 59.0 Å². The molecule has 0 saturated carbocycles. The summed E-state index contributed by atoms with van der Waals surface area (Å²) in [6.45, 7) is 8.84. The molecule has 1 aromatic carbocycles. The van der Waals surface area contributed by atoms with Crippen LogP contribution in [0.5, 0.6) is 0 Å². The largest absolute Gasteiger partial charge is 0.478 e. The number of hydrogen-bond acceptors (Lipinski definition) is 5. The Hall–Kier alpha value is -1.86. The van der Waals surface area contributed by atoms with Gasteiger partial charge in [-0.1, -0.05) is 6.07 Å². The highest BCUT2D eigenvalue weighted by atomic mass is 16.6. The number of rotatable bonds is 7. The number of aryl methyl sites for hydroxylation is 1. The predicted octanol–water partition coefficient (Wildman–Crippen LogP) is 2.04. The van der Waals surface area contributed by atoms with Crippen molar-refractivity contribution in [2.75, 3.05) is 0 Å². The van der Waals surface area contributed by atoms with Gasteiger partial charge in [-0.15, -0.1) is 0 Å². The van der Waals surface area contributed by atoms with E-state index in [4.69, 9.17) is 9.84 Å². The van der Waals surface area contributed by atoms with Crippen molar-refractivity contribution in [3.63, 3.8) is 0 Å². The predicted molar refractivity (Wildman–Crippen MR) is 93.1 cm³/mol. The zero-order valence-electron chi connectivity index (χ0n) is 14.9. The lowest BCUT2D eigenvalue weighted by molar-refractivity contribution is -0.155. The average Bonchev–Trinajstić information content (AvgIpc) is 2.37. The second-order valence-electron chi connectivity index (χ2n) is 6.98. The first kappa shape index (κ1) is 20.2. The van der Waals surface area contributed by atoms with Crippen molar-refractivity contribution in [3.05, 3.63) is 34.9 Å². The molecule has 132 valence electrons. The van der Waals surface area contributed by atoms with Crippen LogP contribution in [-0.2, 0) is 16.0 Å². The minimum absolute atomic E-state index is 0.0823. The number of esters is 1. The number of hydrogen-bond donors (Lipinski definition) is 3. The van der Waals surface area contributed by atoms with E-state index in [1.165, 1.54) is 0 Å². The van der Waals surface area contributed by atoms with Crippen molar-refractivity contribution in [1.29, 1.82) is 0 Å². The Bertz CT molecular complexity index is 595. The number of carboxylic acid groups (broad SMARTS) is 1. The minimum atomic E-state index is -0.997. The number of nitrogens with one attached hydrogen (secondary N) is 1. The standard InChI is InChI=1S/C17H26BNO5/c1-11-6-7-12(16(21)22)8-13(11)9-14(19-18(5)23)10-15(20)24-17(2,3)4/h6-8,14,19,23H,9-10H2,1-5H3,(H,21,22)/t14-/m0/s1. The first-order chi connectivity index (χ1) is 11.0. The number of carbonyl (C=O) groups excluding carboxylic acids is 1. The van der Waals surface area contributed by atoms with E-state index >= 15 is 0 Å². The number of ether oxygens (including phenoxy) is 1. The van der Waals surface area contributed by atoms with E-state index in [-0.39, 0.29) is 24.0 Å². The maximum Gasteiger partial charge on any atom is 0.373 e. The molecule has 0 fully saturated rings. The van der Waals surface area contributed by atoms with Gasteiger partial charge in [0.2, 0.25) is 0 Å². The molecule has 0 heterocycles. The van der Waals surface area contributed by atoms with Crippen molar-refractivity contribution in [2.24, 2.45) is 0 Å². The van der Waals surface area contributed by atoms with Crippen LogP contribution in [0.4, 0.5) is 0 Å². The van der Waals surface area contributed by atoms with Crippen LogP contribution in [0, 0.1) is 6.92 Å². The quantitative estimate of drug-likeness (QED) is 0.521. The molecule has 0 spiro atoms. The third-order valence-corrected chi connectivity index (χ3v) is 3.37. The number of benzene rings is 1. The van der Waals surface area contributed by atoms with Crippen molar-refractivity contribution in [3.8, 4) is 0 Å². The molecule has 24 heavy (non-hydrogen) atoms. The Kier molecular flexibility index (Phi) is 6.99. The number of aromatic carboxylic acids is 1. The second kappa shape index (κ2) is 8.30. The molecule has 3 N–H and O–H groups in total. The fourth-order valence-corrected chi connectivity index (χ4v) is 2.41. The molecule has 0 unspecified atom stereocenters. The van der Waals surface area contributed by atoms with Crippen LogP contribution in [0.15, 0.2) is 18.2 Å². The molecule has 0 aliphatic heterocycles. The zero-order valence-corrected chi connectivity index (χ0v) is 14.9. The summed E-state index contributed by atoms with van der Waals surface area (Å²) >= 11 is 0. The molecule has 1 atom stereocenters. The Morgan fingerprint density at radius 2 is 1.96 bits per heavy atom. The normalized spacial score (nSPS) is 12.6. The van der Waals surface area contributed by atoms with Gasteiger partial charge in [0.25, 0.3) is 0 Å². The third-order valence-electron chi connectivity index (χ3n) is 3.37. The molecule has 0 bridgehead atoms. The third kappa shape index (κ3) is 7.15. The lowest BCUT2D eigenvalue weighted by Gasteiger charge is -2.24. The molecule has 1 rings (SSSR count). The van der Waals surface area contributed by atoms with E-state index in [0.717, 1.165) is 11.1 Å². The summed E-state index contributed by atoms with van der Waals surface area (Å²) in [5, 5.41) is 21.7. The van der Waals surface area contributed by atoms with E-state index in [0.29, 0.717) is 6.42 Å². The van der Waals surface area contributed by atoms with Gasteiger partial charge in [-0.25, -0.2) is 4.79 Å². The summed E-state index contributed by atoms with van der Waals surface area (Å²) < 4.78 is 5.32. The fourth-order valence-electron chi connectivity index (χ4n) is 2.41. The van der Waals surface area contributed by atoms with Crippen LogP contribution in [0.1, 0.15) is 48.7 Å². The molecule has 0 aliphatic carbocycles. The van der Waals surface area contributed by atoms with Crippen LogP contribution in [0.3, 0.4) is 0 Å². The lowest BCUT2D eigenvalue weighted by atomic mass is 9.85. The van der Waals surface area contributed by atoms with Crippen molar-refractivity contribution in [1.82, 2.24) is 5.23 Å². The molecule has 7 heteroatoms. The molecule has 0 amide bonds. The Morgan fingerprint density at radius 1 is 1.33 bits per heavy atom. The molecule has 0 aliphatic rings. The monoisotopic (exact) mass is 335 g/mol. The van der Waals surface area contributed by atoms with Gasteiger partial charge in [-0.2, -0.15) is 0 Å². The number of carboxylic acids is 1. The zero-order chi connectivity index (χ0) is 18.5. The highest BCUT2D eigenvalue weighted by Gasteiger charge is 2.23. The van der Waals surface area contributed by atoms with E-state index in [2.05, 4.69) is 5.23 Å².